The molecule has 0 bridgehead atoms. The first kappa shape index (κ1) is 25.4. The number of pyridine rings is 1. The highest BCUT2D eigenvalue weighted by Crippen LogP contribution is 2.38. The van der Waals surface area contributed by atoms with Crippen molar-refractivity contribution in [3.8, 4) is 11.3 Å². The molecule has 0 radical (unpaired) electrons. The van der Waals surface area contributed by atoms with Crippen molar-refractivity contribution in [2.75, 3.05) is 26.7 Å². The highest BCUT2D eigenvalue weighted by molar-refractivity contribution is 5.92. The second-order valence-corrected chi connectivity index (χ2v) is 11.2. The number of aryl methyl sites for hydroxylation is 1. The van der Waals surface area contributed by atoms with Crippen LogP contribution in [0.2, 0.25) is 0 Å². The van der Waals surface area contributed by atoms with E-state index in [0.29, 0.717) is 24.3 Å². The number of hydrogen-bond donors (Lipinski definition) is 1. The topological polar surface area (TPSA) is 82.4 Å². The van der Waals surface area contributed by atoms with E-state index < -0.39 is 0 Å². The van der Waals surface area contributed by atoms with E-state index in [1.54, 1.807) is 4.52 Å². The van der Waals surface area contributed by atoms with Gasteiger partial charge < -0.3 is 14.8 Å². The molecular formula is C29H39N7O. The largest absolute Gasteiger partial charge is 0.354 e. The van der Waals surface area contributed by atoms with E-state index in [0.717, 1.165) is 60.5 Å². The standard InChI is InChI=1S/C29H39N7O/c1-18(2)27-24-16-22(21-9-13-35(14-10-21)26(37)11-12-34(6)19(3)4)7-8-25(24)30-28(27)23-15-20(5)29-31-32-33-36(29)17-23/h7-8,15-19,21,30H,9-14H2,1-6H3. The minimum atomic E-state index is 0.286. The molecule has 1 N–H and O–H groups in total. The average Bonchev–Trinajstić information content (AvgIpc) is 3.51. The van der Waals surface area contributed by atoms with Gasteiger partial charge in [0, 0.05) is 54.8 Å². The number of aromatic amines is 1. The van der Waals surface area contributed by atoms with Gasteiger partial charge in [0.15, 0.2) is 5.65 Å². The molecule has 3 aromatic heterocycles. The summed E-state index contributed by atoms with van der Waals surface area (Å²) < 4.78 is 1.75. The maximum atomic E-state index is 12.8. The summed E-state index contributed by atoms with van der Waals surface area (Å²) in [6.45, 7) is 13.4. The smallest absolute Gasteiger partial charge is 0.223 e. The molecule has 196 valence electrons. The number of piperidine rings is 1. The molecule has 0 atom stereocenters. The Balaban J connectivity index is 1.37. The molecule has 0 aliphatic carbocycles. The fraction of sp³-hybridized carbons (Fsp3) is 0.517. The van der Waals surface area contributed by atoms with Crippen LogP contribution in [0.15, 0.2) is 30.5 Å². The summed E-state index contributed by atoms with van der Waals surface area (Å²) in [4.78, 5) is 20.8. The lowest BCUT2D eigenvalue weighted by Crippen LogP contribution is -2.40. The molecule has 37 heavy (non-hydrogen) atoms. The van der Waals surface area contributed by atoms with Gasteiger partial charge in [-0.1, -0.05) is 19.9 Å². The van der Waals surface area contributed by atoms with Crippen LogP contribution in [0.25, 0.3) is 27.8 Å². The predicted octanol–water partition coefficient (Wildman–Crippen LogP) is 5.14. The van der Waals surface area contributed by atoms with Crippen molar-refractivity contribution in [3.63, 3.8) is 0 Å². The van der Waals surface area contributed by atoms with Crippen LogP contribution in [0.5, 0.6) is 0 Å². The Hall–Kier alpha value is -3.26. The van der Waals surface area contributed by atoms with Crippen LogP contribution in [-0.4, -0.2) is 73.5 Å². The van der Waals surface area contributed by atoms with E-state index in [-0.39, 0.29) is 5.91 Å². The third-order valence-electron chi connectivity index (χ3n) is 8.09. The summed E-state index contributed by atoms with van der Waals surface area (Å²) in [6.07, 6.45) is 4.64. The monoisotopic (exact) mass is 501 g/mol. The first-order valence-corrected chi connectivity index (χ1v) is 13.5. The van der Waals surface area contributed by atoms with E-state index >= 15 is 0 Å². The fourth-order valence-corrected chi connectivity index (χ4v) is 5.61. The normalized spacial score (nSPS) is 15.2. The van der Waals surface area contributed by atoms with Crippen molar-refractivity contribution >= 4 is 22.5 Å². The molecule has 1 fully saturated rings. The molecule has 8 heteroatoms. The van der Waals surface area contributed by atoms with Crippen molar-refractivity contribution in [2.24, 2.45) is 0 Å². The number of amides is 1. The lowest BCUT2D eigenvalue weighted by Gasteiger charge is -2.33. The summed E-state index contributed by atoms with van der Waals surface area (Å²) in [5.74, 6) is 1.12. The number of nitrogens with one attached hydrogen (secondary N) is 1. The van der Waals surface area contributed by atoms with Crippen molar-refractivity contribution in [2.45, 2.75) is 71.8 Å². The summed E-state index contributed by atoms with van der Waals surface area (Å²) >= 11 is 0. The number of benzene rings is 1. The zero-order chi connectivity index (χ0) is 26.3. The lowest BCUT2D eigenvalue weighted by atomic mass is 9.87. The van der Waals surface area contributed by atoms with Gasteiger partial charge >= 0.3 is 0 Å². The molecule has 4 aromatic rings. The lowest BCUT2D eigenvalue weighted by molar-refractivity contribution is -0.132. The van der Waals surface area contributed by atoms with Crippen LogP contribution >= 0.6 is 0 Å². The molecular weight excluding hydrogens is 462 g/mol. The Morgan fingerprint density at radius 1 is 1.16 bits per heavy atom. The third kappa shape index (κ3) is 4.99. The van der Waals surface area contributed by atoms with Crippen molar-refractivity contribution in [1.29, 1.82) is 0 Å². The Morgan fingerprint density at radius 2 is 1.92 bits per heavy atom. The van der Waals surface area contributed by atoms with Crippen molar-refractivity contribution in [3.05, 3.63) is 47.2 Å². The number of tetrazole rings is 1. The van der Waals surface area contributed by atoms with Crippen molar-refractivity contribution < 1.29 is 4.79 Å². The van der Waals surface area contributed by atoms with Gasteiger partial charge in [0.2, 0.25) is 5.91 Å². The van der Waals surface area contributed by atoms with Crippen LogP contribution in [0.3, 0.4) is 0 Å². The van der Waals surface area contributed by atoms with Crippen LogP contribution < -0.4 is 0 Å². The second kappa shape index (κ2) is 10.2. The van der Waals surface area contributed by atoms with Gasteiger partial charge in [0.1, 0.15) is 0 Å². The minimum Gasteiger partial charge on any atom is -0.354 e. The van der Waals surface area contributed by atoms with Crippen LogP contribution in [0, 0.1) is 6.92 Å². The third-order valence-corrected chi connectivity index (χ3v) is 8.09. The van der Waals surface area contributed by atoms with Gasteiger partial charge in [-0.05, 0) is 97.8 Å². The van der Waals surface area contributed by atoms with Crippen LogP contribution in [0.1, 0.15) is 75.5 Å². The molecule has 0 saturated carbocycles. The average molecular weight is 502 g/mol. The molecule has 5 rings (SSSR count). The number of aromatic nitrogens is 5. The summed E-state index contributed by atoms with van der Waals surface area (Å²) in [7, 11) is 2.09. The number of carbonyl (C=O) groups excluding carboxylic acids is 1. The highest BCUT2D eigenvalue weighted by Gasteiger charge is 2.25. The SMILES string of the molecule is Cc1cc(-c2[nH]c3ccc(C4CCN(C(=O)CCN(C)C(C)C)CC4)cc3c2C(C)C)cn2nnnc12. The van der Waals surface area contributed by atoms with Gasteiger partial charge in [-0.2, -0.15) is 4.52 Å². The molecule has 1 saturated heterocycles. The van der Waals surface area contributed by atoms with E-state index in [1.807, 2.05) is 13.1 Å². The molecule has 0 unspecified atom stereocenters. The van der Waals surface area contributed by atoms with Gasteiger partial charge in [-0.15, -0.1) is 5.10 Å². The fourth-order valence-electron chi connectivity index (χ4n) is 5.61. The van der Waals surface area contributed by atoms with Crippen molar-refractivity contribution in [1.82, 2.24) is 34.8 Å². The number of fused-ring (bicyclic) bond motifs is 2. The number of H-pyrrole nitrogens is 1. The molecule has 1 aromatic carbocycles. The van der Waals surface area contributed by atoms with E-state index in [4.69, 9.17) is 0 Å². The zero-order valence-electron chi connectivity index (χ0n) is 23.0. The predicted molar refractivity (Wildman–Crippen MR) is 148 cm³/mol. The summed E-state index contributed by atoms with van der Waals surface area (Å²) in [5.41, 5.74) is 7.91. The summed E-state index contributed by atoms with van der Waals surface area (Å²) in [5, 5.41) is 13.4. The molecule has 4 heterocycles. The number of carbonyl (C=O) groups is 1. The van der Waals surface area contributed by atoms with Gasteiger partial charge in [-0.25, -0.2) is 0 Å². The molecule has 1 aliphatic rings. The van der Waals surface area contributed by atoms with Gasteiger partial charge in [0.05, 0.1) is 5.69 Å². The van der Waals surface area contributed by atoms with E-state index in [9.17, 15) is 4.79 Å². The van der Waals surface area contributed by atoms with Gasteiger partial charge in [0.25, 0.3) is 0 Å². The van der Waals surface area contributed by atoms with Gasteiger partial charge in [-0.3, -0.25) is 4.79 Å². The number of hydrogen-bond acceptors (Lipinski definition) is 5. The Bertz CT molecular complexity index is 1410. The summed E-state index contributed by atoms with van der Waals surface area (Å²) in [6, 6.07) is 9.50. The second-order valence-electron chi connectivity index (χ2n) is 11.2. The molecule has 0 spiro atoms. The molecule has 1 amide bonds. The first-order valence-electron chi connectivity index (χ1n) is 13.5. The maximum Gasteiger partial charge on any atom is 0.223 e. The quantitative estimate of drug-likeness (QED) is 0.379. The first-order chi connectivity index (χ1) is 17.7. The highest BCUT2D eigenvalue weighted by atomic mass is 16.2. The number of rotatable bonds is 7. The zero-order valence-corrected chi connectivity index (χ0v) is 23.0. The Labute approximate surface area is 219 Å². The number of likely N-dealkylation sites (tertiary alicyclic amines) is 1. The van der Waals surface area contributed by atoms with E-state index in [1.165, 1.54) is 16.5 Å². The van der Waals surface area contributed by atoms with E-state index in [2.05, 4.69) is 89.3 Å². The Morgan fingerprint density at radius 3 is 2.62 bits per heavy atom. The molecule has 8 nitrogen and oxygen atoms in total. The Kier molecular flexibility index (Phi) is 7.03. The molecule has 1 aliphatic heterocycles. The maximum absolute atomic E-state index is 12.8. The van der Waals surface area contributed by atoms with Crippen LogP contribution in [-0.2, 0) is 4.79 Å². The minimum absolute atomic E-state index is 0.286. The number of nitrogens with zero attached hydrogens (tertiary/aromatic N) is 6. The van der Waals surface area contributed by atoms with Crippen LogP contribution in [0.4, 0.5) is 0 Å².